The minimum atomic E-state index is 0.402. The monoisotopic (exact) mass is 240 g/mol. The number of hydrogen-bond donors (Lipinski definition) is 1. The lowest BCUT2D eigenvalue weighted by Gasteiger charge is -2.01. The summed E-state index contributed by atoms with van der Waals surface area (Å²) in [7, 11) is 0. The van der Waals surface area contributed by atoms with Gasteiger partial charge in [-0.15, -0.1) is 0 Å². The third-order valence-corrected chi connectivity index (χ3v) is 3.03. The molecule has 2 heterocycles. The Labute approximate surface area is 96.6 Å². The molecule has 0 fully saturated rings. The van der Waals surface area contributed by atoms with Crippen molar-refractivity contribution in [2.45, 2.75) is 10.8 Å². The number of anilines is 1. The number of nitrogen functional groups attached to an aromatic ring is 1. The lowest BCUT2D eigenvalue weighted by Crippen LogP contribution is -1.90. The highest BCUT2D eigenvalue weighted by atomic mass is 35.5. The second-order valence-electron chi connectivity index (χ2n) is 2.89. The number of aromatic nitrogens is 1. The van der Waals surface area contributed by atoms with Gasteiger partial charge in [-0.1, -0.05) is 11.8 Å². The third-order valence-electron chi connectivity index (χ3n) is 1.78. The van der Waals surface area contributed by atoms with Crippen LogP contribution < -0.4 is 5.73 Å². The molecule has 15 heavy (non-hydrogen) atoms. The first-order valence-corrected chi connectivity index (χ1v) is 5.69. The van der Waals surface area contributed by atoms with Crippen LogP contribution in [0.4, 0.5) is 5.69 Å². The summed E-state index contributed by atoms with van der Waals surface area (Å²) in [6.45, 7) is 0. The predicted molar refractivity (Wildman–Crippen MR) is 61.9 cm³/mol. The van der Waals surface area contributed by atoms with Gasteiger partial charge < -0.3 is 10.2 Å². The molecule has 0 aliphatic carbocycles. The Hall–Kier alpha value is -1.13. The Balaban J connectivity index is 2.02. The molecule has 2 rings (SSSR count). The number of halogens is 1. The molecule has 0 aliphatic rings. The molecule has 0 bridgehead atoms. The molecule has 0 saturated carbocycles. The number of hydrogen-bond acceptors (Lipinski definition) is 4. The van der Waals surface area contributed by atoms with E-state index in [0.717, 1.165) is 10.8 Å². The number of furan rings is 1. The van der Waals surface area contributed by atoms with E-state index in [1.165, 1.54) is 11.8 Å². The molecular formula is C10H9ClN2OS. The van der Waals surface area contributed by atoms with Crippen LogP contribution in [0.1, 0.15) is 5.76 Å². The Morgan fingerprint density at radius 3 is 2.93 bits per heavy atom. The molecule has 0 saturated heterocycles. The molecule has 0 radical (unpaired) electrons. The minimum absolute atomic E-state index is 0.402. The molecule has 2 aromatic heterocycles. The lowest BCUT2D eigenvalue weighted by molar-refractivity contribution is 0.532. The number of pyridine rings is 1. The molecular weight excluding hydrogens is 232 g/mol. The molecule has 2 aromatic rings. The Bertz CT molecular complexity index is 458. The van der Waals surface area contributed by atoms with Crippen LogP contribution in [0.3, 0.4) is 0 Å². The smallest absolute Gasteiger partial charge is 0.193 e. The van der Waals surface area contributed by atoms with Gasteiger partial charge in [-0.25, -0.2) is 4.98 Å². The van der Waals surface area contributed by atoms with Gasteiger partial charge in [0.2, 0.25) is 0 Å². The maximum atomic E-state index is 5.75. The van der Waals surface area contributed by atoms with E-state index in [4.69, 9.17) is 21.8 Å². The van der Waals surface area contributed by atoms with Gasteiger partial charge >= 0.3 is 0 Å². The fraction of sp³-hybridized carbons (Fsp3) is 0.100. The van der Waals surface area contributed by atoms with E-state index in [1.807, 2.05) is 18.2 Å². The van der Waals surface area contributed by atoms with Crippen molar-refractivity contribution in [2.24, 2.45) is 0 Å². The van der Waals surface area contributed by atoms with E-state index in [0.29, 0.717) is 16.7 Å². The van der Waals surface area contributed by atoms with E-state index in [1.54, 1.807) is 12.3 Å². The normalized spacial score (nSPS) is 10.5. The van der Waals surface area contributed by atoms with Crippen molar-refractivity contribution in [3.63, 3.8) is 0 Å². The van der Waals surface area contributed by atoms with Crippen LogP contribution in [0.25, 0.3) is 0 Å². The van der Waals surface area contributed by atoms with Crippen molar-refractivity contribution in [1.29, 1.82) is 0 Å². The zero-order valence-electron chi connectivity index (χ0n) is 7.81. The minimum Gasteiger partial charge on any atom is -0.449 e. The zero-order valence-corrected chi connectivity index (χ0v) is 9.39. The Kier molecular flexibility index (Phi) is 3.18. The van der Waals surface area contributed by atoms with E-state index in [2.05, 4.69) is 4.98 Å². The topological polar surface area (TPSA) is 52.0 Å². The summed E-state index contributed by atoms with van der Waals surface area (Å²) in [6.07, 6.45) is 1.72. The highest BCUT2D eigenvalue weighted by Crippen LogP contribution is 2.26. The molecule has 0 aliphatic heterocycles. The number of rotatable bonds is 3. The van der Waals surface area contributed by atoms with Crippen molar-refractivity contribution < 1.29 is 4.42 Å². The molecule has 0 spiro atoms. The van der Waals surface area contributed by atoms with E-state index in [-0.39, 0.29) is 0 Å². The van der Waals surface area contributed by atoms with Crippen LogP contribution in [0.15, 0.2) is 39.9 Å². The van der Waals surface area contributed by atoms with Crippen molar-refractivity contribution in [1.82, 2.24) is 4.98 Å². The molecule has 5 heteroatoms. The maximum absolute atomic E-state index is 5.75. The Morgan fingerprint density at radius 1 is 1.40 bits per heavy atom. The fourth-order valence-electron chi connectivity index (χ4n) is 1.09. The summed E-state index contributed by atoms with van der Waals surface area (Å²) in [5, 5.41) is 1.21. The highest BCUT2D eigenvalue weighted by molar-refractivity contribution is 7.98. The van der Waals surface area contributed by atoms with E-state index >= 15 is 0 Å². The summed E-state index contributed by atoms with van der Waals surface area (Å²) in [5.74, 6) is 1.49. The maximum Gasteiger partial charge on any atom is 0.193 e. The molecule has 3 nitrogen and oxygen atoms in total. The van der Waals surface area contributed by atoms with Crippen molar-refractivity contribution in [2.75, 3.05) is 5.73 Å². The van der Waals surface area contributed by atoms with Gasteiger partial charge in [0.1, 0.15) is 10.8 Å². The first-order valence-electron chi connectivity index (χ1n) is 4.33. The van der Waals surface area contributed by atoms with Crippen LogP contribution in [-0.2, 0) is 5.75 Å². The first kappa shape index (κ1) is 10.4. The second kappa shape index (κ2) is 4.59. The molecule has 78 valence electrons. The van der Waals surface area contributed by atoms with Crippen molar-refractivity contribution in [3.05, 3.63) is 41.4 Å². The van der Waals surface area contributed by atoms with Gasteiger partial charge in [0.15, 0.2) is 5.22 Å². The van der Waals surface area contributed by atoms with Gasteiger partial charge in [0.25, 0.3) is 0 Å². The largest absolute Gasteiger partial charge is 0.449 e. The second-order valence-corrected chi connectivity index (χ2v) is 4.23. The molecule has 2 N–H and O–H groups in total. The SMILES string of the molecule is Nc1cccnc1SCc1ccc(Cl)o1. The first-order chi connectivity index (χ1) is 7.25. The van der Waals surface area contributed by atoms with Gasteiger partial charge in [0, 0.05) is 6.20 Å². The van der Waals surface area contributed by atoms with Crippen LogP contribution in [0.2, 0.25) is 5.22 Å². The van der Waals surface area contributed by atoms with Crippen LogP contribution in [-0.4, -0.2) is 4.98 Å². The van der Waals surface area contributed by atoms with E-state index < -0.39 is 0 Å². The van der Waals surface area contributed by atoms with Crippen molar-refractivity contribution >= 4 is 29.1 Å². The highest BCUT2D eigenvalue weighted by Gasteiger charge is 2.04. The summed E-state index contributed by atoms with van der Waals surface area (Å²) >= 11 is 7.18. The van der Waals surface area contributed by atoms with Gasteiger partial charge in [-0.2, -0.15) is 0 Å². The molecule has 0 aromatic carbocycles. The van der Waals surface area contributed by atoms with Crippen molar-refractivity contribution in [3.8, 4) is 0 Å². The van der Waals surface area contributed by atoms with Crippen LogP contribution >= 0.6 is 23.4 Å². The molecule has 0 amide bonds. The van der Waals surface area contributed by atoms with Crippen LogP contribution in [0.5, 0.6) is 0 Å². The summed E-state index contributed by atoms with van der Waals surface area (Å²) in [6, 6.07) is 7.20. The fourth-order valence-corrected chi connectivity index (χ4v) is 2.06. The third kappa shape index (κ3) is 2.67. The zero-order chi connectivity index (χ0) is 10.7. The average Bonchev–Trinajstić information content (AvgIpc) is 2.63. The Morgan fingerprint density at radius 2 is 2.27 bits per heavy atom. The number of nitrogens with two attached hydrogens (primary N) is 1. The standard InChI is InChI=1S/C10H9ClN2OS/c11-9-4-3-7(14-9)6-15-10-8(12)2-1-5-13-10/h1-5H,6,12H2. The molecule has 0 atom stereocenters. The van der Waals surface area contributed by atoms with Crippen LogP contribution in [0, 0.1) is 0 Å². The average molecular weight is 241 g/mol. The van der Waals surface area contributed by atoms with Gasteiger partial charge in [-0.3, -0.25) is 0 Å². The lowest BCUT2D eigenvalue weighted by atomic mass is 10.4. The number of thioether (sulfide) groups is 1. The number of nitrogens with zero attached hydrogens (tertiary/aromatic N) is 1. The molecule has 0 unspecified atom stereocenters. The van der Waals surface area contributed by atoms with Gasteiger partial charge in [-0.05, 0) is 35.9 Å². The summed E-state index contributed by atoms with van der Waals surface area (Å²) in [5.41, 5.74) is 6.43. The summed E-state index contributed by atoms with van der Waals surface area (Å²) in [4.78, 5) is 4.16. The van der Waals surface area contributed by atoms with Gasteiger partial charge in [0.05, 0.1) is 11.4 Å². The predicted octanol–water partition coefficient (Wildman–Crippen LogP) is 3.20. The van der Waals surface area contributed by atoms with E-state index in [9.17, 15) is 0 Å². The quantitative estimate of drug-likeness (QED) is 0.837. The summed E-state index contributed by atoms with van der Waals surface area (Å²) < 4.78 is 5.22.